The van der Waals surface area contributed by atoms with Gasteiger partial charge in [0.05, 0.1) is 5.57 Å². The third-order valence-corrected chi connectivity index (χ3v) is 6.20. The number of esters is 2. The van der Waals surface area contributed by atoms with Gasteiger partial charge in [0.1, 0.15) is 5.57 Å². The molecule has 1 aliphatic rings. The lowest BCUT2D eigenvalue weighted by Crippen LogP contribution is -2.30. The summed E-state index contributed by atoms with van der Waals surface area (Å²) >= 11 is 0. The Labute approximate surface area is 230 Å². The van der Waals surface area contributed by atoms with Gasteiger partial charge in [-0.15, -0.1) is 0 Å². The molecular formula is C32H50O6. The molecule has 0 saturated heterocycles. The first kappa shape index (κ1) is 33.5. The Morgan fingerprint density at radius 3 is 1.58 bits per heavy atom. The van der Waals surface area contributed by atoms with Crippen molar-refractivity contribution in [3.05, 3.63) is 33.8 Å². The minimum Gasteiger partial charge on any atom is -0.425 e. The van der Waals surface area contributed by atoms with Gasteiger partial charge in [0.15, 0.2) is 23.1 Å². The average molecular weight is 531 g/mol. The molecule has 0 spiro atoms. The number of allylic oxidation sites excluding steroid dienone is 4. The van der Waals surface area contributed by atoms with Gasteiger partial charge in [0.25, 0.3) is 0 Å². The van der Waals surface area contributed by atoms with E-state index < -0.39 is 17.9 Å². The molecule has 6 nitrogen and oxygen atoms in total. The molecule has 214 valence electrons. The molecule has 0 N–H and O–H groups in total. The molecule has 1 aliphatic carbocycles. The van der Waals surface area contributed by atoms with E-state index in [2.05, 4.69) is 41.5 Å². The van der Waals surface area contributed by atoms with E-state index in [1.165, 1.54) is 0 Å². The second-order valence-electron chi connectivity index (χ2n) is 11.9. The number of Topliss-reactive ketones (excluding diaryl/α,β-unsaturated/α-hetero) is 2. The van der Waals surface area contributed by atoms with E-state index in [4.69, 9.17) is 9.47 Å². The molecule has 0 heterocycles. The van der Waals surface area contributed by atoms with Gasteiger partial charge in [-0.3, -0.25) is 19.2 Å². The van der Waals surface area contributed by atoms with E-state index in [-0.39, 0.29) is 59.3 Å². The molecule has 0 bridgehead atoms. The van der Waals surface area contributed by atoms with Crippen LogP contribution in [0.3, 0.4) is 0 Å². The number of carbonyl (C=O) groups is 4. The van der Waals surface area contributed by atoms with Gasteiger partial charge in [-0.05, 0) is 56.3 Å². The second kappa shape index (κ2) is 15.8. The average Bonchev–Trinajstić information content (AvgIpc) is 2.77. The molecule has 0 aliphatic heterocycles. The van der Waals surface area contributed by atoms with Crippen LogP contribution in [0.5, 0.6) is 0 Å². The SMILES string of the molecule is CCCC(=O)OC1=C(CCC(C)C)C(=O)C(=C(CC(C)C)CC(C)C)C(OC(=O)CCC)=C1C(=O)C(C)C. The van der Waals surface area contributed by atoms with Crippen LogP contribution in [0, 0.1) is 23.7 Å². The maximum absolute atomic E-state index is 14.3. The Bertz CT molecular complexity index is 960. The van der Waals surface area contributed by atoms with Crippen molar-refractivity contribution in [2.24, 2.45) is 23.7 Å². The summed E-state index contributed by atoms with van der Waals surface area (Å²) in [5.74, 6) is -1.39. The van der Waals surface area contributed by atoms with E-state index >= 15 is 0 Å². The summed E-state index contributed by atoms with van der Waals surface area (Å²) in [7, 11) is 0. The fourth-order valence-corrected chi connectivity index (χ4v) is 4.46. The topological polar surface area (TPSA) is 86.7 Å². The van der Waals surface area contributed by atoms with Crippen molar-refractivity contribution in [1.82, 2.24) is 0 Å². The first-order valence-electron chi connectivity index (χ1n) is 14.4. The lowest BCUT2D eigenvalue weighted by atomic mass is 9.79. The van der Waals surface area contributed by atoms with Crippen LogP contribution >= 0.6 is 0 Å². The van der Waals surface area contributed by atoms with Crippen LogP contribution in [0.1, 0.15) is 121 Å². The van der Waals surface area contributed by atoms with Gasteiger partial charge in [0.2, 0.25) is 0 Å². The van der Waals surface area contributed by atoms with Crippen molar-refractivity contribution < 1.29 is 28.7 Å². The standard InChI is InChI=1S/C32H50O6/c1-11-13-25(33)37-31-24(16-15-19(3)4)30(36)27(23(17-20(5)6)18-21(7)8)32(38-26(34)14-12-2)28(31)29(35)22(9)10/h19-22H,11-18H2,1-10H3. The highest BCUT2D eigenvalue weighted by Crippen LogP contribution is 2.41. The zero-order valence-corrected chi connectivity index (χ0v) is 25.4. The highest BCUT2D eigenvalue weighted by molar-refractivity contribution is 6.18. The Hall–Kier alpha value is -2.50. The smallest absolute Gasteiger partial charge is 0.311 e. The van der Waals surface area contributed by atoms with E-state index in [0.717, 1.165) is 5.57 Å². The van der Waals surface area contributed by atoms with Gasteiger partial charge in [-0.2, -0.15) is 0 Å². The van der Waals surface area contributed by atoms with Crippen LogP contribution in [-0.2, 0) is 28.7 Å². The summed E-state index contributed by atoms with van der Waals surface area (Å²) < 4.78 is 11.7. The number of ether oxygens (including phenoxy) is 2. The minimum atomic E-state index is -0.514. The molecule has 0 radical (unpaired) electrons. The number of carbonyl (C=O) groups excluding carboxylic acids is 4. The molecule has 0 saturated carbocycles. The first-order valence-corrected chi connectivity index (χ1v) is 14.4. The van der Waals surface area contributed by atoms with Crippen molar-refractivity contribution in [2.45, 2.75) is 121 Å². The van der Waals surface area contributed by atoms with Crippen LogP contribution in [0.25, 0.3) is 0 Å². The summed E-state index contributed by atoms with van der Waals surface area (Å²) in [5, 5.41) is 0. The zero-order valence-electron chi connectivity index (χ0n) is 25.4. The predicted molar refractivity (Wildman–Crippen MR) is 151 cm³/mol. The van der Waals surface area contributed by atoms with Gasteiger partial charge in [-0.25, -0.2) is 0 Å². The number of rotatable bonds is 15. The molecule has 6 heteroatoms. The molecule has 1 rings (SSSR count). The Morgan fingerprint density at radius 2 is 1.18 bits per heavy atom. The summed E-state index contributed by atoms with van der Waals surface area (Å²) in [6.45, 7) is 19.7. The maximum atomic E-state index is 14.3. The third-order valence-electron chi connectivity index (χ3n) is 6.20. The molecule has 0 atom stereocenters. The highest BCUT2D eigenvalue weighted by atomic mass is 16.6. The Morgan fingerprint density at radius 1 is 0.711 bits per heavy atom. The van der Waals surface area contributed by atoms with E-state index in [9.17, 15) is 19.2 Å². The molecule has 0 aromatic carbocycles. The van der Waals surface area contributed by atoms with Crippen LogP contribution in [0.15, 0.2) is 33.8 Å². The van der Waals surface area contributed by atoms with Crippen molar-refractivity contribution >= 4 is 23.5 Å². The molecule has 0 aromatic rings. The molecule has 0 fully saturated rings. The molecule has 0 aromatic heterocycles. The minimum absolute atomic E-state index is 0.0238. The largest absolute Gasteiger partial charge is 0.425 e. The number of hydrogen-bond acceptors (Lipinski definition) is 6. The van der Waals surface area contributed by atoms with Gasteiger partial charge in [-0.1, -0.05) is 74.8 Å². The van der Waals surface area contributed by atoms with Crippen molar-refractivity contribution in [1.29, 1.82) is 0 Å². The normalized spacial score (nSPS) is 14.4. The van der Waals surface area contributed by atoms with Crippen LogP contribution in [0.2, 0.25) is 0 Å². The summed E-state index contributed by atoms with van der Waals surface area (Å²) in [5.41, 5.74) is 1.54. The first-order chi connectivity index (χ1) is 17.7. The monoisotopic (exact) mass is 530 g/mol. The van der Waals surface area contributed by atoms with E-state index in [1.807, 2.05) is 13.8 Å². The summed E-state index contributed by atoms with van der Waals surface area (Å²) in [6.07, 6.45) is 3.71. The molecule has 0 unspecified atom stereocenters. The van der Waals surface area contributed by atoms with Crippen LogP contribution in [-0.4, -0.2) is 23.5 Å². The number of ketones is 2. The van der Waals surface area contributed by atoms with Crippen LogP contribution in [0.4, 0.5) is 0 Å². The predicted octanol–water partition coefficient (Wildman–Crippen LogP) is 7.81. The van der Waals surface area contributed by atoms with Gasteiger partial charge in [0, 0.05) is 24.3 Å². The summed E-state index contributed by atoms with van der Waals surface area (Å²) in [4.78, 5) is 53.8. The maximum Gasteiger partial charge on any atom is 0.311 e. The van der Waals surface area contributed by atoms with Crippen molar-refractivity contribution in [3.8, 4) is 0 Å². The molecule has 38 heavy (non-hydrogen) atoms. The number of hydrogen-bond donors (Lipinski definition) is 0. The lowest BCUT2D eigenvalue weighted by Gasteiger charge is -2.29. The fraction of sp³-hybridized carbons (Fsp3) is 0.688. The van der Waals surface area contributed by atoms with E-state index in [0.29, 0.717) is 49.7 Å². The lowest BCUT2D eigenvalue weighted by molar-refractivity contribution is -0.139. The van der Waals surface area contributed by atoms with Crippen LogP contribution < -0.4 is 0 Å². The summed E-state index contributed by atoms with van der Waals surface area (Å²) in [6, 6.07) is 0. The van der Waals surface area contributed by atoms with Gasteiger partial charge < -0.3 is 9.47 Å². The van der Waals surface area contributed by atoms with Gasteiger partial charge >= 0.3 is 11.9 Å². The Balaban J connectivity index is 4.23. The Kier molecular flexibility index (Phi) is 13.9. The van der Waals surface area contributed by atoms with Crippen molar-refractivity contribution in [2.75, 3.05) is 0 Å². The molecular weight excluding hydrogens is 480 g/mol. The van der Waals surface area contributed by atoms with E-state index in [1.54, 1.807) is 13.8 Å². The zero-order chi connectivity index (χ0) is 29.2. The molecule has 0 amide bonds. The fourth-order valence-electron chi connectivity index (χ4n) is 4.46. The van der Waals surface area contributed by atoms with Crippen molar-refractivity contribution in [3.63, 3.8) is 0 Å². The third kappa shape index (κ3) is 9.67. The second-order valence-corrected chi connectivity index (χ2v) is 11.9. The highest BCUT2D eigenvalue weighted by Gasteiger charge is 2.41. The quantitative estimate of drug-likeness (QED) is 0.158.